The largest absolute Gasteiger partial charge is 0.453 e. The second-order valence-corrected chi connectivity index (χ2v) is 19.1. The van der Waals surface area contributed by atoms with Crippen LogP contribution in [-0.2, 0) is 5.41 Å². The van der Waals surface area contributed by atoms with Gasteiger partial charge in [0.05, 0.1) is 22.4 Å². The lowest BCUT2D eigenvalue weighted by Crippen LogP contribution is -2.48. The highest BCUT2D eigenvalue weighted by Gasteiger charge is 2.51. The van der Waals surface area contributed by atoms with Crippen LogP contribution >= 0.6 is 0 Å². The molecule has 3 nitrogen and oxygen atoms in total. The van der Waals surface area contributed by atoms with Crippen molar-refractivity contribution in [2.24, 2.45) is 17.8 Å². The molecule has 0 radical (unpaired) electrons. The zero-order valence-corrected chi connectivity index (χ0v) is 35.2. The van der Waals surface area contributed by atoms with Gasteiger partial charge in [0.2, 0.25) is 0 Å². The highest BCUT2D eigenvalue weighted by molar-refractivity contribution is 6.13. The maximum absolute atomic E-state index is 6.68. The maximum Gasteiger partial charge on any atom is 0.152 e. The highest BCUT2D eigenvalue weighted by atomic mass is 16.5. The van der Waals surface area contributed by atoms with Crippen LogP contribution in [0.4, 0.5) is 17.1 Å². The Kier molecular flexibility index (Phi) is 7.58. The predicted molar refractivity (Wildman–Crippen MR) is 261 cm³/mol. The fourth-order valence-electron chi connectivity index (χ4n) is 13.2. The minimum Gasteiger partial charge on any atom is -0.453 e. The summed E-state index contributed by atoms with van der Waals surface area (Å²) in [5, 5.41) is 7.48. The number of hydrogen-bond acceptors (Lipinski definition) is 2. The number of hydrogen-bond donors (Lipinski definition) is 0. The molecule has 9 aromatic carbocycles. The molecular formula is C60H46N2O. The van der Waals surface area contributed by atoms with E-state index in [9.17, 15) is 0 Å². The zero-order valence-electron chi connectivity index (χ0n) is 35.2. The molecule has 4 aliphatic carbocycles. The van der Waals surface area contributed by atoms with Crippen LogP contribution < -0.4 is 9.64 Å². The van der Waals surface area contributed by atoms with Crippen LogP contribution in [0.25, 0.3) is 71.3 Å². The van der Waals surface area contributed by atoms with Crippen LogP contribution in [-0.4, -0.2) is 4.57 Å². The number of para-hydroxylation sites is 2. The van der Waals surface area contributed by atoms with Crippen molar-refractivity contribution in [3.05, 3.63) is 194 Å². The quantitative estimate of drug-likeness (QED) is 0.166. The number of aromatic nitrogens is 1. The number of ether oxygens (including phenoxy) is 1. The van der Waals surface area contributed by atoms with Gasteiger partial charge in [0, 0.05) is 27.5 Å². The smallest absolute Gasteiger partial charge is 0.152 e. The van der Waals surface area contributed by atoms with Gasteiger partial charge in [-0.2, -0.15) is 0 Å². The zero-order chi connectivity index (χ0) is 41.2. The van der Waals surface area contributed by atoms with Crippen molar-refractivity contribution < 1.29 is 4.74 Å². The molecule has 0 atom stereocenters. The lowest BCUT2D eigenvalue weighted by molar-refractivity contribution is -0.00518. The number of anilines is 3. The Hall–Kier alpha value is -7.10. The third kappa shape index (κ3) is 5.39. The lowest BCUT2D eigenvalue weighted by atomic mass is 9.48. The molecule has 4 saturated carbocycles. The van der Waals surface area contributed by atoms with Gasteiger partial charge in [0.25, 0.3) is 0 Å². The molecule has 4 bridgehead atoms. The Morgan fingerprint density at radius 3 is 1.84 bits per heavy atom. The fourth-order valence-corrected chi connectivity index (χ4v) is 13.2. The van der Waals surface area contributed by atoms with E-state index in [1.165, 1.54) is 98.9 Å². The molecule has 302 valence electrons. The van der Waals surface area contributed by atoms with E-state index in [-0.39, 0.29) is 0 Å². The Balaban J connectivity index is 0.881. The Morgan fingerprint density at radius 1 is 0.460 bits per heavy atom. The minimum absolute atomic E-state index is 0.355. The van der Waals surface area contributed by atoms with Crippen molar-refractivity contribution in [1.29, 1.82) is 0 Å². The normalized spacial score (nSPS) is 20.7. The summed E-state index contributed by atoms with van der Waals surface area (Å²) in [4.78, 5) is 2.48. The molecular weight excluding hydrogens is 765 g/mol. The van der Waals surface area contributed by atoms with Crippen LogP contribution in [0, 0.1) is 17.8 Å². The molecule has 3 heteroatoms. The summed E-state index contributed by atoms with van der Waals surface area (Å²) in [7, 11) is 0. The number of rotatable bonds is 6. The Morgan fingerprint density at radius 2 is 1.06 bits per heavy atom. The van der Waals surface area contributed by atoms with Crippen LogP contribution in [0.5, 0.6) is 11.5 Å². The van der Waals surface area contributed by atoms with Crippen molar-refractivity contribution in [2.45, 2.75) is 43.9 Å². The van der Waals surface area contributed by atoms with Gasteiger partial charge >= 0.3 is 0 Å². The van der Waals surface area contributed by atoms with E-state index in [2.05, 4.69) is 198 Å². The van der Waals surface area contributed by atoms with Gasteiger partial charge in [-0.25, -0.2) is 0 Å². The highest BCUT2D eigenvalue weighted by Crippen LogP contribution is 2.61. The third-order valence-electron chi connectivity index (χ3n) is 15.5. The molecule has 0 N–H and O–H groups in total. The molecule has 0 spiro atoms. The molecule has 5 aliphatic rings. The minimum atomic E-state index is 0.355. The summed E-state index contributed by atoms with van der Waals surface area (Å²) in [5.74, 6) is 4.52. The average Bonchev–Trinajstić information content (AvgIpc) is 3.67. The molecule has 0 amide bonds. The van der Waals surface area contributed by atoms with Crippen LogP contribution in [0.3, 0.4) is 0 Å². The monoisotopic (exact) mass is 810 g/mol. The summed E-state index contributed by atoms with van der Waals surface area (Å²) in [6.07, 6.45) is 8.50. The van der Waals surface area contributed by atoms with Gasteiger partial charge in [-0.3, -0.25) is 0 Å². The second-order valence-electron chi connectivity index (χ2n) is 19.1. The van der Waals surface area contributed by atoms with Crippen LogP contribution in [0.2, 0.25) is 0 Å². The molecule has 0 saturated heterocycles. The third-order valence-corrected chi connectivity index (χ3v) is 15.5. The molecule has 4 fully saturated rings. The number of nitrogens with zero attached hydrogens (tertiary/aromatic N) is 2. The number of benzene rings is 9. The maximum atomic E-state index is 6.68. The molecule has 15 rings (SSSR count). The summed E-state index contributed by atoms with van der Waals surface area (Å²) in [6.45, 7) is 0. The van der Waals surface area contributed by atoms with Gasteiger partial charge in [-0.1, -0.05) is 133 Å². The van der Waals surface area contributed by atoms with Gasteiger partial charge < -0.3 is 14.2 Å². The average molecular weight is 811 g/mol. The van der Waals surface area contributed by atoms with Crippen molar-refractivity contribution in [3.8, 4) is 39.4 Å². The van der Waals surface area contributed by atoms with Crippen molar-refractivity contribution in [2.75, 3.05) is 4.90 Å². The summed E-state index contributed by atoms with van der Waals surface area (Å²) in [5.41, 5.74) is 13.6. The predicted octanol–water partition coefficient (Wildman–Crippen LogP) is 16.5. The lowest BCUT2D eigenvalue weighted by Gasteiger charge is -2.57. The van der Waals surface area contributed by atoms with Gasteiger partial charge in [-0.05, 0) is 160 Å². The SMILES string of the molecule is c1ccc2c(-c3ccc(N(c4ccc(-c5ccc6c(c5)Oc5cccc7c8ccccc8n-6c57)cc4)c4ccc(C56CC7CC(CC(C7)C5)C6)cc4)c4ccccc34)cccc2c1. The Bertz CT molecular complexity index is 3430. The van der Waals surface area contributed by atoms with Crippen molar-refractivity contribution >= 4 is 60.4 Å². The van der Waals surface area contributed by atoms with Crippen LogP contribution in [0.1, 0.15) is 44.1 Å². The van der Waals surface area contributed by atoms with Crippen molar-refractivity contribution in [1.82, 2.24) is 4.57 Å². The molecule has 2 heterocycles. The molecule has 0 unspecified atom stereocenters. The van der Waals surface area contributed by atoms with E-state index in [4.69, 9.17) is 4.74 Å². The number of fused-ring (bicyclic) bond motifs is 7. The standard InChI is InChI=1S/C60H46N2O/c1-2-11-47-42(9-1)10-7-15-48(47)50-28-30-55(51-13-4-3-12-49(50)51)61(46-26-22-44(23-27-46)60-35-38-31-39(36-60)33-40(32-38)37-60)45-24-19-41(20-25-45)43-21-29-56-58(34-43)63-57-18-8-16-53-52-14-5-6-17-54(52)62(56)59(53)57/h1-30,34,38-40H,31-33,35-37H2. The van der Waals surface area contributed by atoms with Crippen LogP contribution in [0.15, 0.2) is 188 Å². The molecule has 1 aromatic heterocycles. The van der Waals surface area contributed by atoms with E-state index < -0.39 is 0 Å². The van der Waals surface area contributed by atoms with Gasteiger partial charge in [-0.15, -0.1) is 0 Å². The first-order valence-corrected chi connectivity index (χ1v) is 23.0. The van der Waals surface area contributed by atoms with Gasteiger partial charge in [0.1, 0.15) is 0 Å². The van der Waals surface area contributed by atoms with E-state index in [1.807, 2.05) is 0 Å². The van der Waals surface area contributed by atoms with E-state index in [0.29, 0.717) is 5.41 Å². The summed E-state index contributed by atoms with van der Waals surface area (Å²) >= 11 is 0. The topological polar surface area (TPSA) is 17.4 Å². The summed E-state index contributed by atoms with van der Waals surface area (Å²) in [6, 6.07) is 69.8. The first-order valence-electron chi connectivity index (χ1n) is 23.0. The first-order chi connectivity index (χ1) is 31.1. The second kappa shape index (κ2) is 13.4. The Labute approximate surface area is 367 Å². The summed E-state index contributed by atoms with van der Waals surface area (Å²) < 4.78 is 9.05. The van der Waals surface area contributed by atoms with E-state index in [0.717, 1.165) is 57.3 Å². The molecule has 10 aromatic rings. The van der Waals surface area contributed by atoms with Crippen molar-refractivity contribution in [3.63, 3.8) is 0 Å². The van der Waals surface area contributed by atoms with E-state index >= 15 is 0 Å². The van der Waals surface area contributed by atoms with E-state index in [1.54, 1.807) is 5.56 Å². The fraction of sp³-hybridized carbons (Fsp3) is 0.167. The molecule has 63 heavy (non-hydrogen) atoms. The van der Waals surface area contributed by atoms with Gasteiger partial charge in [0.15, 0.2) is 11.5 Å². The first kappa shape index (κ1) is 35.5. The molecule has 1 aliphatic heterocycles.